The molecule has 0 aliphatic carbocycles. The second-order valence-electron chi connectivity index (χ2n) is 5.99. The molecule has 0 bridgehead atoms. The molecule has 1 aromatic carbocycles. The molecular formula is C16H18ClNO2. The van der Waals surface area contributed by atoms with E-state index in [-0.39, 0.29) is 6.04 Å². The van der Waals surface area contributed by atoms with Gasteiger partial charge in [-0.25, -0.2) is 0 Å². The molecule has 4 heteroatoms. The first kappa shape index (κ1) is 12.7. The van der Waals surface area contributed by atoms with Crippen molar-refractivity contribution in [1.29, 1.82) is 0 Å². The van der Waals surface area contributed by atoms with Gasteiger partial charge in [-0.1, -0.05) is 30.2 Å². The van der Waals surface area contributed by atoms with Crippen LogP contribution >= 0.6 is 11.6 Å². The number of benzene rings is 1. The van der Waals surface area contributed by atoms with Crippen molar-refractivity contribution in [3.05, 3.63) is 35.0 Å². The molecular weight excluding hydrogens is 274 g/mol. The van der Waals surface area contributed by atoms with Crippen LogP contribution < -0.4 is 0 Å². The Bertz CT molecular complexity index is 653. The molecule has 3 heterocycles. The third-order valence-electron chi connectivity index (χ3n) is 4.87. The van der Waals surface area contributed by atoms with Gasteiger partial charge in [-0.2, -0.15) is 0 Å². The Morgan fingerprint density at radius 1 is 1.30 bits per heavy atom. The van der Waals surface area contributed by atoms with E-state index in [2.05, 4.69) is 4.90 Å². The summed E-state index contributed by atoms with van der Waals surface area (Å²) in [5, 5.41) is 12.7. The fourth-order valence-electron chi connectivity index (χ4n) is 3.81. The first-order valence-electron chi connectivity index (χ1n) is 7.33. The summed E-state index contributed by atoms with van der Waals surface area (Å²) < 4.78 is 5.93. The largest absolute Gasteiger partial charge is 0.456 e. The summed E-state index contributed by atoms with van der Waals surface area (Å²) >= 11 is 6.17. The number of rotatable bonds is 1. The van der Waals surface area contributed by atoms with Crippen LogP contribution in [0.2, 0.25) is 5.02 Å². The molecule has 0 amide bonds. The van der Waals surface area contributed by atoms with E-state index in [0.29, 0.717) is 16.4 Å². The van der Waals surface area contributed by atoms with Crippen molar-refractivity contribution >= 4 is 22.6 Å². The second kappa shape index (κ2) is 4.48. The van der Waals surface area contributed by atoms with Crippen molar-refractivity contribution in [2.75, 3.05) is 13.1 Å². The monoisotopic (exact) mass is 291 g/mol. The van der Waals surface area contributed by atoms with Gasteiger partial charge in [-0.15, -0.1) is 0 Å². The number of hydrogen-bond acceptors (Lipinski definition) is 3. The molecule has 2 unspecified atom stereocenters. The number of halogens is 1. The Morgan fingerprint density at radius 3 is 3.05 bits per heavy atom. The minimum Gasteiger partial charge on any atom is -0.456 e. The van der Waals surface area contributed by atoms with Gasteiger partial charge in [0.05, 0.1) is 5.02 Å². The summed E-state index contributed by atoms with van der Waals surface area (Å²) in [7, 11) is 0. The van der Waals surface area contributed by atoms with Gasteiger partial charge in [0, 0.05) is 18.0 Å². The van der Waals surface area contributed by atoms with Crippen LogP contribution in [0.3, 0.4) is 0 Å². The zero-order valence-corrected chi connectivity index (χ0v) is 12.1. The van der Waals surface area contributed by atoms with E-state index in [0.717, 1.165) is 31.3 Å². The summed E-state index contributed by atoms with van der Waals surface area (Å²) in [6.45, 7) is 2.04. The van der Waals surface area contributed by atoms with Crippen LogP contribution in [0, 0.1) is 0 Å². The fraction of sp³-hybridized carbons (Fsp3) is 0.500. The van der Waals surface area contributed by atoms with Gasteiger partial charge in [-0.05, 0) is 37.9 Å². The molecule has 106 valence electrons. The van der Waals surface area contributed by atoms with Gasteiger partial charge >= 0.3 is 0 Å². The van der Waals surface area contributed by atoms with Crippen molar-refractivity contribution < 1.29 is 9.52 Å². The molecule has 4 rings (SSSR count). The number of aliphatic hydroxyl groups is 1. The molecule has 0 spiro atoms. The van der Waals surface area contributed by atoms with Gasteiger partial charge < -0.3 is 9.52 Å². The van der Waals surface area contributed by atoms with E-state index >= 15 is 0 Å². The van der Waals surface area contributed by atoms with E-state index in [1.54, 1.807) is 0 Å². The molecule has 1 aromatic heterocycles. The third-order valence-corrected chi connectivity index (χ3v) is 5.17. The maximum absolute atomic E-state index is 11.2. The molecule has 2 fully saturated rings. The van der Waals surface area contributed by atoms with Crippen LogP contribution in [0.15, 0.2) is 28.7 Å². The Balaban J connectivity index is 1.79. The molecule has 2 aromatic rings. The third kappa shape index (κ3) is 1.73. The molecule has 3 nitrogen and oxygen atoms in total. The van der Waals surface area contributed by atoms with Crippen molar-refractivity contribution in [3.63, 3.8) is 0 Å². The highest BCUT2D eigenvalue weighted by Crippen LogP contribution is 2.44. The average molecular weight is 292 g/mol. The zero-order chi connectivity index (χ0) is 13.7. The molecule has 0 saturated carbocycles. The molecule has 2 atom stereocenters. The normalized spacial score (nSPS) is 30.8. The molecule has 1 N–H and O–H groups in total. The lowest BCUT2D eigenvalue weighted by Gasteiger charge is -2.36. The van der Waals surface area contributed by atoms with Crippen LogP contribution in [0.25, 0.3) is 11.0 Å². The van der Waals surface area contributed by atoms with Crippen molar-refractivity contribution in [1.82, 2.24) is 4.90 Å². The number of para-hydroxylation sites is 1. The van der Waals surface area contributed by atoms with E-state index in [1.165, 1.54) is 12.8 Å². The highest BCUT2D eigenvalue weighted by Gasteiger charge is 2.49. The van der Waals surface area contributed by atoms with E-state index in [4.69, 9.17) is 16.0 Å². The summed E-state index contributed by atoms with van der Waals surface area (Å²) in [4.78, 5) is 2.40. The Hall–Kier alpha value is -1.03. The van der Waals surface area contributed by atoms with E-state index < -0.39 is 5.60 Å². The fourth-order valence-corrected chi connectivity index (χ4v) is 4.03. The summed E-state index contributed by atoms with van der Waals surface area (Å²) in [5.41, 5.74) is -0.171. The molecule has 2 aliphatic heterocycles. The predicted molar refractivity (Wildman–Crippen MR) is 78.9 cm³/mol. The topological polar surface area (TPSA) is 36.6 Å². The standard InChI is InChI=1S/C16H18ClNO2/c17-12-5-3-4-11-10-14(20-15(11)12)16(19)7-9-18-8-2-1-6-13(16)18/h3-5,10,13,19H,1-2,6-9H2. The minimum absolute atomic E-state index is 0.190. The molecule has 2 aliphatic rings. The smallest absolute Gasteiger partial charge is 0.153 e. The first-order valence-corrected chi connectivity index (χ1v) is 7.71. The number of hydrogen-bond donors (Lipinski definition) is 1. The summed E-state index contributed by atoms with van der Waals surface area (Å²) in [5.74, 6) is 0.676. The van der Waals surface area contributed by atoms with Crippen LogP contribution in [-0.2, 0) is 5.60 Å². The molecule has 2 saturated heterocycles. The quantitative estimate of drug-likeness (QED) is 0.873. The lowest BCUT2D eigenvalue weighted by molar-refractivity contribution is -0.0293. The van der Waals surface area contributed by atoms with E-state index in [9.17, 15) is 5.11 Å². The van der Waals surface area contributed by atoms with Crippen LogP contribution in [0.1, 0.15) is 31.4 Å². The highest BCUT2D eigenvalue weighted by molar-refractivity contribution is 6.34. The van der Waals surface area contributed by atoms with Gasteiger partial charge in [-0.3, -0.25) is 4.90 Å². The second-order valence-corrected chi connectivity index (χ2v) is 6.40. The minimum atomic E-state index is -0.858. The first-order chi connectivity index (χ1) is 9.68. The summed E-state index contributed by atoms with van der Waals surface area (Å²) in [6, 6.07) is 7.86. The molecule has 20 heavy (non-hydrogen) atoms. The number of piperidine rings is 1. The highest BCUT2D eigenvalue weighted by atomic mass is 35.5. The zero-order valence-electron chi connectivity index (χ0n) is 11.3. The van der Waals surface area contributed by atoms with Crippen LogP contribution in [-0.4, -0.2) is 29.1 Å². The Morgan fingerprint density at radius 2 is 2.20 bits per heavy atom. The van der Waals surface area contributed by atoms with E-state index in [1.807, 2.05) is 24.3 Å². The SMILES string of the molecule is OC1(c2cc3cccc(Cl)c3o2)CCN2CCCCC21. The van der Waals surface area contributed by atoms with Gasteiger partial charge in [0.1, 0.15) is 11.4 Å². The maximum Gasteiger partial charge on any atom is 0.153 e. The maximum atomic E-state index is 11.2. The van der Waals surface area contributed by atoms with Gasteiger partial charge in [0.2, 0.25) is 0 Å². The van der Waals surface area contributed by atoms with Crippen molar-refractivity contribution in [3.8, 4) is 0 Å². The Labute approximate surface area is 123 Å². The summed E-state index contributed by atoms with van der Waals surface area (Å²) in [6.07, 6.45) is 4.21. The van der Waals surface area contributed by atoms with Gasteiger partial charge in [0.25, 0.3) is 0 Å². The Kier molecular flexibility index (Phi) is 2.85. The lowest BCUT2D eigenvalue weighted by Crippen LogP contribution is -2.44. The number of fused-ring (bicyclic) bond motifs is 2. The number of furan rings is 1. The van der Waals surface area contributed by atoms with Crippen molar-refractivity contribution in [2.24, 2.45) is 0 Å². The molecule has 0 radical (unpaired) electrons. The number of nitrogens with zero attached hydrogens (tertiary/aromatic N) is 1. The van der Waals surface area contributed by atoms with Crippen LogP contribution in [0.5, 0.6) is 0 Å². The van der Waals surface area contributed by atoms with Crippen LogP contribution in [0.4, 0.5) is 0 Å². The lowest BCUT2D eigenvalue weighted by atomic mass is 9.86. The van der Waals surface area contributed by atoms with Gasteiger partial charge in [0.15, 0.2) is 5.58 Å². The van der Waals surface area contributed by atoms with Crippen molar-refractivity contribution in [2.45, 2.75) is 37.3 Å². The average Bonchev–Trinajstić information content (AvgIpc) is 3.04. The predicted octanol–water partition coefficient (Wildman–Crippen LogP) is 3.53.